The predicted molar refractivity (Wildman–Crippen MR) is 38.7 cm³/mol. The minimum Gasteiger partial charge on any atom is -0.396 e. The van der Waals surface area contributed by atoms with E-state index >= 15 is 0 Å². The van der Waals surface area contributed by atoms with E-state index in [0.29, 0.717) is 0 Å². The lowest BCUT2D eigenvalue weighted by atomic mass is 10.1. The first-order chi connectivity index (χ1) is 4.74. The SMILES string of the molecule is CC(CO)c1ccn(C)n1. The van der Waals surface area contributed by atoms with Crippen molar-refractivity contribution >= 4 is 0 Å². The van der Waals surface area contributed by atoms with Crippen molar-refractivity contribution in [3.63, 3.8) is 0 Å². The molecular weight excluding hydrogens is 128 g/mol. The Balaban J connectivity index is 2.74. The Morgan fingerprint density at radius 1 is 1.80 bits per heavy atom. The first-order valence-electron chi connectivity index (χ1n) is 3.34. The molecule has 10 heavy (non-hydrogen) atoms. The van der Waals surface area contributed by atoms with Crippen LogP contribution in [0.2, 0.25) is 0 Å². The molecule has 0 saturated carbocycles. The molecule has 0 aromatic carbocycles. The number of hydrogen-bond acceptors (Lipinski definition) is 2. The Kier molecular flexibility index (Phi) is 2.06. The second-order valence-corrected chi connectivity index (χ2v) is 2.50. The van der Waals surface area contributed by atoms with Gasteiger partial charge in [0.1, 0.15) is 0 Å². The van der Waals surface area contributed by atoms with Crippen molar-refractivity contribution in [1.82, 2.24) is 9.78 Å². The Hall–Kier alpha value is -0.830. The van der Waals surface area contributed by atoms with Crippen molar-refractivity contribution in [3.8, 4) is 0 Å². The van der Waals surface area contributed by atoms with Gasteiger partial charge in [-0.2, -0.15) is 5.10 Å². The lowest BCUT2D eigenvalue weighted by Crippen LogP contribution is -2.00. The molecule has 1 unspecified atom stereocenters. The van der Waals surface area contributed by atoms with E-state index in [4.69, 9.17) is 5.11 Å². The minimum absolute atomic E-state index is 0.154. The van der Waals surface area contributed by atoms with Crippen LogP contribution in [0.25, 0.3) is 0 Å². The maximum atomic E-state index is 8.75. The van der Waals surface area contributed by atoms with E-state index in [1.807, 2.05) is 26.2 Å². The second-order valence-electron chi connectivity index (χ2n) is 2.50. The van der Waals surface area contributed by atoms with Gasteiger partial charge < -0.3 is 5.11 Å². The van der Waals surface area contributed by atoms with Crippen LogP contribution in [-0.2, 0) is 7.05 Å². The quantitative estimate of drug-likeness (QED) is 0.650. The molecule has 1 rings (SSSR count). The zero-order chi connectivity index (χ0) is 7.56. The van der Waals surface area contributed by atoms with Gasteiger partial charge >= 0.3 is 0 Å². The van der Waals surface area contributed by atoms with Crippen LogP contribution in [0.4, 0.5) is 0 Å². The van der Waals surface area contributed by atoms with Crippen molar-refractivity contribution in [3.05, 3.63) is 18.0 Å². The van der Waals surface area contributed by atoms with Crippen LogP contribution in [0.5, 0.6) is 0 Å². The van der Waals surface area contributed by atoms with Crippen molar-refractivity contribution in [1.29, 1.82) is 0 Å². The fourth-order valence-corrected chi connectivity index (χ4v) is 0.789. The Bertz CT molecular complexity index is 207. The number of aliphatic hydroxyl groups is 1. The third kappa shape index (κ3) is 1.36. The molecule has 0 aliphatic carbocycles. The topological polar surface area (TPSA) is 38.0 Å². The summed E-state index contributed by atoms with van der Waals surface area (Å²) < 4.78 is 1.74. The first-order valence-corrected chi connectivity index (χ1v) is 3.34. The number of aryl methyl sites for hydroxylation is 1. The number of aromatic nitrogens is 2. The van der Waals surface area contributed by atoms with Crippen LogP contribution < -0.4 is 0 Å². The van der Waals surface area contributed by atoms with Gasteiger partial charge in [0.2, 0.25) is 0 Å². The van der Waals surface area contributed by atoms with Gasteiger partial charge in [-0.1, -0.05) is 6.92 Å². The van der Waals surface area contributed by atoms with Crippen LogP contribution >= 0.6 is 0 Å². The van der Waals surface area contributed by atoms with Crippen molar-refractivity contribution in [2.75, 3.05) is 6.61 Å². The molecule has 3 heteroatoms. The summed E-state index contributed by atoms with van der Waals surface area (Å²) in [6, 6.07) is 1.92. The van der Waals surface area contributed by atoms with Crippen LogP contribution in [0.3, 0.4) is 0 Å². The van der Waals surface area contributed by atoms with E-state index in [-0.39, 0.29) is 12.5 Å². The van der Waals surface area contributed by atoms with Gasteiger partial charge in [-0.3, -0.25) is 4.68 Å². The van der Waals surface area contributed by atoms with Crippen LogP contribution in [0, 0.1) is 0 Å². The smallest absolute Gasteiger partial charge is 0.0675 e. The number of nitrogens with zero attached hydrogens (tertiary/aromatic N) is 2. The summed E-state index contributed by atoms with van der Waals surface area (Å²) in [7, 11) is 1.87. The van der Waals surface area contributed by atoms with E-state index in [1.54, 1.807) is 4.68 Å². The molecular formula is C7H12N2O. The Morgan fingerprint density at radius 3 is 2.90 bits per heavy atom. The fourth-order valence-electron chi connectivity index (χ4n) is 0.789. The van der Waals surface area contributed by atoms with Gasteiger partial charge in [-0.25, -0.2) is 0 Å². The third-order valence-electron chi connectivity index (χ3n) is 1.51. The van der Waals surface area contributed by atoms with Crippen LogP contribution in [0.1, 0.15) is 18.5 Å². The van der Waals surface area contributed by atoms with Gasteiger partial charge in [-0.05, 0) is 6.07 Å². The van der Waals surface area contributed by atoms with E-state index in [0.717, 1.165) is 5.69 Å². The Labute approximate surface area is 60.3 Å². The summed E-state index contributed by atoms with van der Waals surface area (Å²) in [5.74, 6) is 0.154. The molecule has 1 aromatic heterocycles. The van der Waals surface area contributed by atoms with E-state index in [9.17, 15) is 0 Å². The van der Waals surface area contributed by atoms with Crippen molar-refractivity contribution in [2.45, 2.75) is 12.8 Å². The van der Waals surface area contributed by atoms with E-state index in [2.05, 4.69) is 5.10 Å². The van der Waals surface area contributed by atoms with Gasteiger partial charge in [0, 0.05) is 19.2 Å². The highest BCUT2D eigenvalue weighted by molar-refractivity contribution is 5.04. The average molecular weight is 140 g/mol. The number of aliphatic hydroxyl groups excluding tert-OH is 1. The first kappa shape index (κ1) is 7.28. The predicted octanol–water partition coefficient (Wildman–Crippen LogP) is 0.516. The van der Waals surface area contributed by atoms with Crippen molar-refractivity contribution < 1.29 is 5.11 Å². The normalized spacial score (nSPS) is 13.5. The lowest BCUT2D eigenvalue weighted by molar-refractivity contribution is 0.270. The summed E-state index contributed by atoms with van der Waals surface area (Å²) in [5, 5.41) is 12.9. The zero-order valence-electron chi connectivity index (χ0n) is 6.28. The Morgan fingerprint density at radius 2 is 2.50 bits per heavy atom. The summed E-state index contributed by atoms with van der Waals surface area (Å²) in [5.41, 5.74) is 0.949. The van der Waals surface area contributed by atoms with Gasteiger partial charge in [0.25, 0.3) is 0 Å². The van der Waals surface area contributed by atoms with Gasteiger partial charge in [-0.15, -0.1) is 0 Å². The molecule has 1 aromatic rings. The van der Waals surface area contributed by atoms with E-state index in [1.165, 1.54) is 0 Å². The number of hydrogen-bond donors (Lipinski definition) is 1. The molecule has 0 spiro atoms. The molecule has 3 nitrogen and oxygen atoms in total. The highest BCUT2D eigenvalue weighted by Gasteiger charge is 2.05. The standard InChI is InChI=1S/C7H12N2O/c1-6(5-10)7-3-4-9(2)8-7/h3-4,6,10H,5H2,1-2H3. The highest BCUT2D eigenvalue weighted by atomic mass is 16.3. The molecule has 0 radical (unpaired) electrons. The summed E-state index contributed by atoms with van der Waals surface area (Å²) >= 11 is 0. The average Bonchev–Trinajstić information content (AvgIpc) is 2.34. The minimum atomic E-state index is 0.154. The maximum absolute atomic E-state index is 8.75. The molecule has 56 valence electrons. The van der Waals surface area contributed by atoms with E-state index < -0.39 is 0 Å². The zero-order valence-corrected chi connectivity index (χ0v) is 6.28. The van der Waals surface area contributed by atoms with Crippen LogP contribution in [-0.4, -0.2) is 21.5 Å². The van der Waals surface area contributed by atoms with Gasteiger partial charge in [0.05, 0.1) is 12.3 Å². The fraction of sp³-hybridized carbons (Fsp3) is 0.571. The lowest BCUT2D eigenvalue weighted by Gasteiger charge is -2.00. The summed E-state index contributed by atoms with van der Waals surface area (Å²) in [6.07, 6.45) is 1.88. The molecule has 0 bridgehead atoms. The molecule has 0 fully saturated rings. The second kappa shape index (κ2) is 2.84. The molecule has 0 aliphatic rings. The molecule has 1 heterocycles. The molecule has 0 saturated heterocycles. The summed E-state index contributed by atoms with van der Waals surface area (Å²) in [6.45, 7) is 2.11. The van der Waals surface area contributed by atoms with Crippen LogP contribution in [0.15, 0.2) is 12.3 Å². The summed E-state index contributed by atoms with van der Waals surface area (Å²) in [4.78, 5) is 0. The van der Waals surface area contributed by atoms with Crippen molar-refractivity contribution in [2.24, 2.45) is 7.05 Å². The number of rotatable bonds is 2. The molecule has 0 aliphatic heterocycles. The molecule has 1 N–H and O–H groups in total. The third-order valence-corrected chi connectivity index (χ3v) is 1.51. The molecule has 1 atom stereocenters. The monoisotopic (exact) mass is 140 g/mol. The highest BCUT2D eigenvalue weighted by Crippen LogP contribution is 2.09. The largest absolute Gasteiger partial charge is 0.396 e. The molecule has 0 amide bonds. The maximum Gasteiger partial charge on any atom is 0.0675 e. The van der Waals surface area contributed by atoms with Gasteiger partial charge in [0.15, 0.2) is 0 Å².